The van der Waals surface area contributed by atoms with Crippen molar-refractivity contribution in [3.8, 4) is 5.75 Å². The van der Waals surface area contributed by atoms with E-state index in [1.54, 1.807) is 12.1 Å². The monoisotopic (exact) mass is 345 g/mol. The van der Waals surface area contributed by atoms with E-state index < -0.39 is 0 Å². The van der Waals surface area contributed by atoms with Gasteiger partial charge in [-0.25, -0.2) is 0 Å². The van der Waals surface area contributed by atoms with Gasteiger partial charge in [0.05, 0.1) is 9.26 Å². The smallest absolute Gasteiger partial charge is 0.255 e. The Morgan fingerprint density at radius 1 is 1.38 bits per heavy atom. The van der Waals surface area contributed by atoms with E-state index in [1.807, 2.05) is 39.4 Å². The molecule has 0 unspecified atom stereocenters. The summed E-state index contributed by atoms with van der Waals surface area (Å²) in [5.41, 5.74) is 1.22. The predicted molar refractivity (Wildman–Crippen MR) is 73.1 cm³/mol. The normalized spacial score (nSPS) is 10.1. The van der Waals surface area contributed by atoms with Crippen molar-refractivity contribution < 1.29 is 9.90 Å². The van der Waals surface area contributed by atoms with Crippen molar-refractivity contribution in [3.63, 3.8) is 0 Å². The third kappa shape index (κ3) is 2.53. The molecule has 2 aromatic rings. The number of phenolic OH excluding ortho intramolecular Hbond substituents is 1. The number of phenols is 1. The maximum Gasteiger partial charge on any atom is 0.255 e. The van der Waals surface area contributed by atoms with Crippen molar-refractivity contribution in [2.45, 2.75) is 0 Å². The number of benzene rings is 1. The molecule has 2 N–H and O–H groups in total. The Morgan fingerprint density at radius 3 is 2.81 bits per heavy atom. The van der Waals surface area contributed by atoms with Crippen LogP contribution in [0.15, 0.2) is 35.0 Å². The molecule has 82 valence electrons. The van der Waals surface area contributed by atoms with Crippen molar-refractivity contribution >= 4 is 45.5 Å². The SMILES string of the molecule is O=C(Nc1ccsc1)c1ccc(I)c(O)c1. The molecular weight excluding hydrogens is 337 g/mol. The second-order valence-electron chi connectivity index (χ2n) is 3.13. The summed E-state index contributed by atoms with van der Waals surface area (Å²) in [5.74, 6) is -0.0938. The van der Waals surface area contributed by atoms with Crippen LogP contribution in [0.25, 0.3) is 0 Å². The van der Waals surface area contributed by atoms with Gasteiger partial charge in [-0.3, -0.25) is 4.79 Å². The first-order valence-corrected chi connectivity index (χ1v) is 6.51. The summed E-state index contributed by atoms with van der Waals surface area (Å²) in [6.45, 7) is 0. The minimum absolute atomic E-state index is 0.124. The van der Waals surface area contributed by atoms with Crippen LogP contribution >= 0.6 is 33.9 Å². The van der Waals surface area contributed by atoms with Crippen LogP contribution in [0.5, 0.6) is 5.75 Å². The topological polar surface area (TPSA) is 49.3 Å². The molecular formula is C11H8INO2S. The second-order valence-corrected chi connectivity index (χ2v) is 5.07. The third-order valence-corrected chi connectivity index (χ3v) is 3.58. The lowest BCUT2D eigenvalue weighted by atomic mass is 10.2. The molecule has 0 bridgehead atoms. The first-order chi connectivity index (χ1) is 7.66. The van der Waals surface area contributed by atoms with E-state index >= 15 is 0 Å². The van der Waals surface area contributed by atoms with Crippen LogP contribution in [0.1, 0.15) is 10.4 Å². The number of halogens is 1. The van der Waals surface area contributed by atoms with Crippen molar-refractivity contribution in [2.75, 3.05) is 5.32 Å². The van der Waals surface area contributed by atoms with Crippen molar-refractivity contribution in [3.05, 3.63) is 44.2 Å². The number of nitrogens with one attached hydrogen (secondary N) is 1. The van der Waals surface area contributed by atoms with Crippen LogP contribution in [0.4, 0.5) is 5.69 Å². The van der Waals surface area contributed by atoms with Crippen LogP contribution in [0.2, 0.25) is 0 Å². The molecule has 5 heteroatoms. The van der Waals surface area contributed by atoms with Crippen molar-refractivity contribution in [1.29, 1.82) is 0 Å². The Kier molecular flexibility index (Phi) is 3.45. The molecule has 0 saturated heterocycles. The van der Waals surface area contributed by atoms with Crippen LogP contribution in [-0.2, 0) is 0 Å². The van der Waals surface area contributed by atoms with Gasteiger partial charge in [0.25, 0.3) is 5.91 Å². The Bertz CT molecular complexity index is 511. The molecule has 0 saturated carbocycles. The number of aromatic hydroxyl groups is 1. The van der Waals surface area contributed by atoms with Gasteiger partial charge in [0, 0.05) is 10.9 Å². The number of anilines is 1. The average Bonchev–Trinajstić information content (AvgIpc) is 2.74. The molecule has 3 nitrogen and oxygen atoms in total. The highest BCUT2D eigenvalue weighted by molar-refractivity contribution is 14.1. The summed E-state index contributed by atoms with van der Waals surface area (Å²) in [5, 5.41) is 16.0. The summed E-state index contributed by atoms with van der Waals surface area (Å²) in [4.78, 5) is 11.8. The zero-order valence-electron chi connectivity index (χ0n) is 8.11. The summed E-state index contributed by atoms with van der Waals surface area (Å²) in [7, 11) is 0. The standard InChI is InChI=1S/C11H8INO2S/c12-9-2-1-7(5-10(9)14)11(15)13-8-3-4-16-6-8/h1-6,14H,(H,13,15). The number of hydrogen-bond donors (Lipinski definition) is 2. The second kappa shape index (κ2) is 4.84. The number of carbonyl (C=O) groups excluding carboxylic acids is 1. The van der Waals surface area contributed by atoms with E-state index in [0.717, 1.165) is 9.26 Å². The van der Waals surface area contributed by atoms with Crippen LogP contribution in [0, 0.1) is 3.57 Å². The molecule has 1 amide bonds. The summed E-state index contributed by atoms with van der Waals surface area (Å²) in [6.07, 6.45) is 0. The lowest BCUT2D eigenvalue weighted by Crippen LogP contribution is -2.11. The highest BCUT2D eigenvalue weighted by atomic mass is 127. The van der Waals surface area contributed by atoms with E-state index in [0.29, 0.717) is 5.56 Å². The number of amides is 1. The fourth-order valence-electron chi connectivity index (χ4n) is 1.19. The fourth-order valence-corrected chi connectivity index (χ4v) is 2.12. The van der Waals surface area contributed by atoms with Gasteiger partial charge in [0.2, 0.25) is 0 Å². The van der Waals surface area contributed by atoms with Gasteiger partial charge in [-0.05, 0) is 52.2 Å². The maximum absolute atomic E-state index is 11.8. The van der Waals surface area contributed by atoms with Gasteiger partial charge >= 0.3 is 0 Å². The van der Waals surface area contributed by atoms with Crippen LogP contribution < -0.4 is 5.32 Å². The number of hydrogen-bond acceptors (Lipinski definition) is 3. The quantitative estimate of drug-likeness (QED) is 0.821. The lowest BCUT2D eigenvalue weighted by Gasteiger charge is -2.04. The van der Waals surface area contributed by atoms with Gasteiger partial charge in [0.15, 0.2) is 0 Å². The van der Waals surface area contributed by atoms with Gasteiger partial charge in [-0.2, -0.15) is 11.3 Å². The highest BCUT2D eigenvalue weighted by Gasteiger charge is 2.08. The first-order valence-electron chi connectivity index (χ1n) is 4.49. The molecule has 16 heavy (non-hydrogen) atoms. The Balaban J connectivity index is 2.18. The first kappa shape index (κ1) is 11.4. The Labute approximate surface area is 110 Å². The minimum Gasteiger partial charge on any atom is -0.507 e. The molecule has 2 rings (SSSR count). The molecule has 0 aliphatic rings. The predicted octanol–water partition coefficient (Wildman–Crippen LogP) is 3.31. The van der Waals surface area contributed by atoms with E-state index in [-0.39, 0.29) is 11.7 Å². The van der Waals surface area contributed by atoms with E-state index in [9.17, 15) is 9.90 Å². The van der Waals surface area contributed by atoms with E-state index in [1.165, 1.54) is 17.4 Å². The molecule has 0 aliphatic carbocycles. The largest absolute Gasteiger partial charge is 0.507 e. The van der Waals surface area contributed by atoms with Crippen LogP contribution in [-0.4, -0.2) is 11.0 Å². The zero-order valence-corrected chi connectivity index (χ0v) is 11.1. The number of thiophene rings is 1. The van der Waals surface area contributed by atoms with Crippen molar-refractivity contribution in [2.24, 2.45) is 0 Å². The lowest BCUT2D eigenvalue weighted by molar-refractivity contribution is 0.102. The molecule has 0 radical (unpaired) electrons. The molecule has 0 fully saturated rings. The Morgan fingerprint density at radius 2 is 2.19 bits per heavy atom. The van der Waals surface area contributed by atoms with Gasteiger partial charge in [-0.15, -0.1) is 0 Å². The molecule has 1 aromatic heterocycles. The zero-order chi connectivity index (χ0) is 11.5. The fraction of sp³-hybridized carbons (Fsp3) is 0. The maximum atomic E-state index is 11.8. The van der Waals surface area contributed by atoms with Gasteiger partial charge in [-0.1, -0.05) is 0 Å². The van der Waals surface area contributed by atoms with Gasteiger partial charge in [0.1, 0.15) is 5.75 Å². The highest BCUT2D eigenvalue weighted by Crippen LogP contribution is 2.21. The number of carbonyl (C=O) groups is 1. The minimum atomic E-state index is -0.217. The summed E-state index contributed by atoms with van der Waals surface area (Å²) < 4.78 is 0.727. The summed E-state index contributed by atoms with van der Waals surface area (Å²) >= 11 is 3.52. The Hall–Kier alpha value is -1.08. The molecule has 0 atom stereocenters. The number of rotatable bonds is 2. The molecule has 0 aliphatic heterocycles. The molecule has 1 heterocycles. The van der Waals surface area contributed by atoms with Crippen molar-refractivity contribution in [1.82, 2.24) is 0 Å². The average molecular weight is 345 g/mol. The molecule has 0 spiro atoms. The van der Waals surface area contributed by atoms with Gasteiger partial charge < -0.3 is 10.4 Å². The summed E-state index contributed by atoms with van der Waals surface area (Å²) in [6, 6.07) is 6.68. The van der Waals surface area contributed by atoms with Crippen LogP contribution in [0.3, 0.4) is 0 Å². The third-order valence-electron chi connectivity index (χ3n) is 1.99. The van der Waals surface area contributed by atoms with E-state index in [2.05, 4.69) is 5.32 Å². The van der Waals surface area contributed by atoms with E-state index in [4.69, 9.17) is 0 Å². The molecule has 1 aromatic carbocycles.